The Kier molecular flexibility index (Phi) is 10.4. The zero-order valence-electron chi connectivity index (χ0n) is 16.1. The van der Waals surface area contributed by atoms with E-state index in [1.165, 1.54) is 18.1 Å². The second-order valence-corrected chi connectivity index (χ2v) is 6.38. The Morgan fingerprint density at radius 1 is 1.16 bits per heavy atom. The molecule has 0 saturated heterocycles. The minimum Gasteiger partial charge on any atom is -0.494 e. The van der Waals surface area contributed by atoms with Gasteiger partial charge < -0.3 is 9.47 Å². The predicted molar refractivity (Wildman–Crippen MR) is 105 cm³/mol. The number of carbonyl (C=O) groups is 1. The van der Waals surface area contributed by atoms with E-state index in [2.05, 4.69) is 26.8 Å². The van der Waals surface area contributed by atoms with Crippen molar-refractivity contribution in [3.63, 3.8) is 0 Å². The molecule has 138 valence electrons. The Bertz CT molecular complexity index is 555. The van der Waals surface area contributed by atoms with Crippen LogP contribution in [-0.2, 0) is 9.53 Å². The standard InChI is InChI=1S/C22H32O3/c1-5-18(3)8-7-9-19(4)16-17-25-21-13-10-20(11-14-21)12-15-22(23)24-6-2/h8,10-15,19H,5-7,9,16-17H2,1-4H3. The average Bonchev–Trinajstić information content (AvgIpc) is 2.61. The van der Waals surface area contributed by atoms with Crippen LogP contribution in [0.5, 0.6) is 5.75 Å². The van der Waals surface area contributed by atoms with E-state index in [0.29, 0.717) is 12.5 Å². The Hall–Kier alpha value is -2.03. The summed E-state index contributed by atoms with van der Waals surface area (Å²) in [7, 11) is 0. The zero-order valence-corrected chi connectivity index (χ0v) is 16.1. The molecule has 0 fully saturated rings. The zero-order chi connectivity index (χ0) is 18.5. The molecule has 0 bridgehead atoms. The highest BCUT2D eigenvalue weighted by molar-refractivity contribution is 5.87. The van der Waals surface area contributed by atoms with Crippen LogP contribution in [0.4, 0.5) is 0 Å². The second-order valence-electron chi connectivity index (χ2n) is 6.38. The van der Waals surface area contributed by atoms with Gasteiger partial charge in [-0.25, -0.2) is 4.79 Å². The molecule has 0 aliphatic rings. The van der Waals surface area contributed by atoms with E-state index < -0.39 is 0 Å². The molecule has 0 saturated carbocycles. The maximum atomic E-state index is 11.3. The molecule has 0 amide bonds. The summed E-state index contributed by atoms with van der Waals surface area (Å²) in [5.74, 6) is 1.20. The van der Waals surface area contributed by atoms with Gasteiger partial charge in [-0.3, -0.25) is 0 Å². The fourth-order valence-corrected chi connectivity index (χ4v) is 2.31. The summed E-state index contributed by atoms with van der Waals surface area (Å²) in [5.41, 5.74) is 2.42. The molecule has 0 aliphatic heterocycles. The molecule has 1 aromatic carbocycles. The summed E-state index contributed by atoms with van der Waals surface area (Å²) in [6, 6.07) is 7.74. The van der Waals surface area contributed by atoms with Crippen molar-refractivity contribution in [2.75, 3.05) is 13.2 Å². The fraction of sp³-hybridized carbons (Fsp3) is 0.500. The number of esters is 1. The van der Waals surface area contributed by atoms with E-state index in [4.69, 9.17) is 9.47 Å². The first-order chi connectivity index (χ1) is 12.0. The average molecular weight is 344 g/mol. The number of benzene rings is 1. The van der Waals surface area contributed by atoms with Crippen LogP contribution in [0.3, 0.4) is 0 Å². The highest BCUT2D eigenvalue weighted by Gasteiger charge is 2.02. The first-order valence-corrected chi connectivity index (χ1v) is 9.28. The van der Waals surface area contributed by atoms with Crippen molar-refractivity contribution in [3.05, 3.63) is 47.6 Å². The molecule has 0 N–H and O–H groups in total. The van der Waals surface area contributed by atoms with Crippen LogP contribution in [0, 0.1) is 5.92 Å². The van der Waals surface area contributed by atoms with Gasteiger partial charge in [0.1, 0.15) is 5.75 Å². The minimum atomic E-state index is -0.319. The molecule has 0 aromatic heterocycles. The third kappa shape index (κ3) is 9.75. The van der Waals surface area contributed by atoms with Crippen molar-refractivity contribution in [3.8, 4) is 5.75 Å². The van der Waals surface area contributed by atoms with Crippen molar-refractivity contribution in [2.45, 2.75) is 53.4 Å². The second kappa shape index (κ2) is 12.3. The molecular weight excluding hydrogens is 312 g/mol. The lowest BCUT2D eigenvalue weighted by Gasteiger charge is -2.11. The van der Waals surface area contributed by atoms with Gasteiger partial charge in [0.25, 0.3) is 0 Å². The summed E-state index contributed by atoms with van der Waals surface area (Å²) in [6.07, 6.45) is 10.1. The number of rotatable bonds is 11. The van der Waals surface area contributed by atoms with Crippen LogP contribution >= 0.6 is 0 Å². The molecule has 25 heavy (non-hydrogen) atoms. The van der Waals surface area contributed by atoms with Crippen LogP contribution in [0.1, 0.15) is 58.9 Å². The molecule has 1 atom stereocenters. The van der Waals surface area contributed by atoms with Crippen LogP contribution in [-0.4, -0.2) is 19.2 Å². The molecule has 0 spiro atoms. The van der Waals surface area contributed by atoms with Gasteiger partial charge in [-0.15, -0.1) is 0 Å². The normalized spacial score (nSPS) is 13.0. The van der Waals surface area contributed by atoms with E-state index in [0.717, 1.165) is 37.2 Å². The third-order valence-electron chi connectivity index (χ3n) is 4.17. The molecule has 0 aliphatic carbocycles. The van der Waals surface area contributed by atoms with E-state index in [-0.39, 0.29) is 5.97 Å². The SMILES string of the molecule is CCOC(=O)C=Cc1ccc(OCCC(C)CCC=C(C)CC)cc1. The summed E-state index contributed by atoms with van der Waals surface area (Å²) < 4.78 is 10.7. The van der Waals surface area contributed by atoms with E-state index in [1.54, 1.807) is 13.0 Å². The summed E-state index contributed by atoms with van der Waals surface area (Å²) in [5, 5.41) is 0. The Labute approximate surface area is 152 Å². The topological polar surface area (TPSA) is 35.5 Å². The maximum Gasteiger partial charge on any atom is 0.330 e. The lowest BCUT2D eigenvalue weighted by molar-refractivity contribution is -0.137. The van der Waals surface area contributed by atoms with Gasteiger partial charge in [-0.1, -0.05) is 37.6 Å². The molecular formula is C22H32O3. The van der Waals surface area contributed by atoms with Gasteiger partial charge in [0, 0.05) is 6.08 Å². The summed E-state index contributed by atoms with van der Waals surface area (Å²) in [6.45, 7) is 9.59. The highest BCUT2D eigenvalue weighted by Crippen LogP contribution is 2.16. The number of hydrogen-bond donors (Lipinski definition) is 0. The van der Waals surface area contributed by atoms with E-state index in [9.17, 15) is 4.79 Å². The monoisotopic (exact) mass is 344 g/mol. The van der Waals surface area contributed by atoms with Gasteiger partial charge >= 0.3 is 5.97 Å². The smallest absolute Gasteiger partial charge is 0.330 e. The van der Waals surface area contributed by atoms with Crippen LogP contribution < -0.4 is 4.74 Å². The van der Waals surface area contributed by atoms with E-state index in [1.807, 2.05) is 24.3 Å². The molecule has 1 aromatic rings. The van der Waals surface area contributed by atoms with Crippen molar-refractivity contribution in [2.24, 2.45) is 5.92 Å². The largest absolute Gasteiger partial charge is 0.494 e. The van der Waals surface area contributed by atoms with Crippen molar-refractivity contribution in [1.82, 2.24) is 0 Å². The first kappa shape index (κ1) is 21.0. The van der Waals surface area contributed by atoms with Crippen molar-refractivity contribution >= 4 is 12.0 Å². The molecule has 0 radical (unpaired) electrons. The lowest BCUT2D eigenvalue weighted by Crippen LogP contribution is -2.04. The van der Waals surface area contributed by atoms with Crippen LogP contribution in [0.25, 0.3) is 6.08 Å². The summed E-state index contributed by atoms with van der Waals surface area (Å²) in [4.78, 5) is 11.3. The molecule has 1 unspecified atom stereocenters. The molecule has 3 nitrogen and oxygen atoms in total. The first-order valence-electron chi connectivity index (χ1n) is 9.28. The van der Waals surface area contributed by atoms with Gasteiger partial charge in [-0.2, -0.15) is 0 Å². The summed E-state index contributed by atoms with van der Waals surface area (Å²) >= 11 is 0. The Balaban J connectivity index is 2.30. The highest BCUT2D eigenvalue weighted by atomic mass is 16.5. The molecule has 3 heteroatoms. The maximum absolute atomic E-state index is 11.3. The van der Waals surface area contributed by atoms with Crippen molar-refractivity contribution < 1.29 is 14.3 Å². The Morgan fingerprint density at radius 3 is 2.52 bits per heavy atom. The third-order valence-corrected chi connectivity index (χ3v) is 4.17. The predicted octanol–water partition coefficient (Wildman–Crippen LogP) is 5.80. The van der Waals surface area contributed by atoms with Gasteiger partial charge in [0.2, 0.25) is 0 Å². The quantitative estimate of drug-likeness (QED) is 0.289. The number of ether oxygens (including phenoxy) is 2. The molecule has 1 rings (SSSR count). The van der Waals surface area contributed by atoms with Crippen molar-refractivity contribution in [1.29, 1.82) is 0 Å². The van der Waals surface area contributed by atoms with Crippen LogP contribution in [0.15, 0.2) is 42.0 Å². The number of hydrogen-bond acceptors (Lipinski definition) is 3. The molecule has 0 heterocycles. The van der Waals surface area contributed by atoms with Crippen LogP contribution in [0.2, 0.25) is 0 Å². The minimum absolute atomic E-state index is 0.319. The number of allylic oxidation sites excluding steroid dienone is 2. The Morgan fingerprint density at radius 2 is 1.88 bits per heavy atom. The lowest BCUT2D eigenvalue weighted by atomic mass is 10.0. The van der Waals surface area contributed by atoms with Gasteiger partial charge in [0.05, 0.1) is 13.2 Å². The van der Waals surface area contributed by atoms with Gasteiger partial charge in [0.15, 0.2) is 0 Å². The fourth-order valence-electron chi connectivity index (χ4n) is 2.31. The van der Waals surface area contributed by atoms with E-state index >= 15 is 0 Å². The number of carbonyl (C=O) groups excluding carboxylic acids is 1. The van der Waals surface area contributed by atoms with Gasteiger partial charge in [-0.05, 0) is 69.2 Å².